The van der Waals surface area contributed by atoms with E-state index in [0.29, 0.717) is 0 Å². The molecule has 4 heteroatoms. The lowest BCUT2D eigenvalue weighted by Crippen LogP contribution is -2.14. The normalized spacial score (nSPS) is 11.7. The third-order valence-corrected chi connectivity index (χ3v) is 17.4. The highest BCUT2D eigenvalue weighted by Gasteiger charge is 2.27. The quantitative estimate of drug-likeness (QED) is 0.101. The van der Waals surface area contributed by atoms with E-state index in [9.17, 15) is 0 Å². The van der Waals surface area contributed by atoms with Gasteiger partial charge in [-0.1, -0.05) is 255 Å². The molecule has 0 fully saturated rings. The Morgan fingerprint density at radius 3 is 0.930 bits per heavy atom. The highest BCUT2D eigenvalue weighted by atomic mass is 16.3. The molecule has 0 bridgehead atoms. The summed E-state index contributed by atoms with van der Waals surface area (Å²) in [5.41, 5.74) is 18.7. The molecule has 0 spiro atoms. The third-order valence-electron chi connectivity index (χ3n) is 17.4. The van der Waals surface area contributed by atoms with Crippen molar-refractivity contribution in [3.63, 3.8) is 0 Å². The molecule has 17 aromatic rings. The predicted molar refractivity (Wildman–Crippen MR) is 362 cm³/mol. The fourth-order valence-electron chi connectivity index (χ4n) is 13.5. The van der Waals surface area contributed by atoms with E-state index in [1.165, 1.54) is 32.7 Å². The molecule has 0 aliphatic carbocycles. The van der Waals surface area contributed by atoms with Crippen LogP contribution in [-0.2, 0) is 0 Å². The molecule has 0 N–H and O–H groups in total. The lowest BCUT2D eigenvalue weighted by molar-refractivity contribution is 0.669. The first-order valence-electron chi connectivity index (χ1n) is 29.4. The SMILES string of the molecule is c1cc(-c2cccc3c2oc2ccccc23)cc(N(c2ccc(-c3cccc4ccccc34)cc2)c2c3ccccc3c(N(c3ccc(-c4cccc5ccccc45)cc3)c3cccc(-c4cccc5c4oc4ccccc45)c3)c3ccccc23)c1. The Morgan fingerprint density at radius 1 is 0.198 bits per heavy atom. The first kappa shape index (κ1) is 49.2. The number of furan rings is 2. The maximum Gasteiger partial charge on any atom is 0.143 e. The van der Waals surface area contributed by atoms with E-state index in [4.69, 9.17) is 8.83 Å². The number of hydrogen-bond acceptors (Lipinski definition) is 4. The van der Waals surface area contributed by atoms with Crippen molar-refractivity contribution in [1.82, 2.24) is 0 Å². The summed E-state index contributed by atoms with van der Waals surface area (Å²) in [7, 11) is 0. The van der Waals surface area contributed by atoms with E-state index >= 15 is 0 Å². The lowest BCUT2D eigenvalue weighted by Gasteiger charge is -2.33. The zero-order chi connectivity index (χ0) is 56.7. The number of hydrogen-bond donors (Lipinski definition) is 0. The zero-order valence-electron chi connectivity index (χ0n) is 46.7. The van der Waals surface area contributed by atoms with E-state index in [1.807, 2.05) is 12.1 Å². The largest absolute Gasteiger partial charge is 0.455 e. The van der Waals surface area contributed by atoms with Crippen LogP contribution in [0.4, 0.5) is 34.1 Å². The van der Waals surface area contributed by atoms with Gasteiger partial charge in [0.2, 0.25) is 0 Å². The smallest absolute Gasteiger partial charge is 0.143 e. The van der Waals surface area contributed by atoms with Crippen molar-refractivity contribution >= 4 is 121 Å². The molecule has 86 heavy (non-hydrogen) atoms. The standard InChI is InChI=1S/C82H52N2O2/c1-3-27-63-53(19-1)21-15-35-65(63)55-43-47-59(48-44-55)83(61-25-13-23-57(51-61)67-37-17-39-75-69-29-9-11-41-77(69)85-81(67)75)79-71-31-5-7-33-73(71)80(74-34-8-6-32-72(74)79)84(60-49-45-56(46-50-60)66-36-16-22-54-20-2-4-28-64(54)66)62-26-14-24-58(52-62)68-38-18-40-76-70-30-10-12-42-78(70)86-82(68)76/h1-52H. The van der Waals surface area contributed by atoms with Gasteiger partial charge in [-0.25, -0.2) is 0 Å². The maximum atomic E-state index is 6.70. The number of fused-ring (bicyclic) bond motifs is 10. The van der Waals surface area contributed by atoms with Crippen LogP contribution in [0.2, 0.25) is 0 Å². The Kier molecular flexibility index (Phi) is 11.5. The second-order valence-corrected chi connectivity index (χ2v) is 22.3. The molecule has 0 radical (unpaired) electrons. The van der Waals surface area contributed by atoms with Gasteiger partial charge in [0, 0.05) is 77.0 Å². The molecule has 0 unspecified atom stereocenters. The molecule has 0 saturated carbocycles. The molecule has 2 aromatic heterocycles. The minimum absolute atomic E-state index is 0.876. The van der Waals surface area contributed by atoms with Crippen LogP contribution in [-0.4, -0.2) is 0 Å². The maximum absolute atomic E-state index is 6.70. The number of rotatable bonds is 10. The van der Waals surface area contributed by atoms with Gasteiger partial charge < -0.3 is 18.6 Å². The third kappa shape index (κ3) is 8.07. The second-order valence-electron chi connectivity index (χ2n) is 22.3. The first-order valence-corrected chi connectivity index (χ1v) is 29.4. The van der Waals surface area contributed by atoms with E-state index < -0.39 is 0 Å². The summed E-state index contributed by atoms with van der Waals surface area (Å²) in [5, 5.41) is 13.7. The molecule has 0 aliphatic heterocycles. The Morgan fingerprint density at radius 2 is 0.512 bits per heavy atom. The number of benzene rings is 15. The second kappa shape index (κ2) is 20.2. The van der Waals surface area contributed by atoms with Crippen LogP contribution in [0.3, 0.4) is 0 Å². The molecule has 0 atom stereocenters. The Labute approximate surface area is 496 Å². The van der Waals surface area contributed by atoms with Crippen LogP contribution < -0.4 is 9.80 Å². The summed E-state index contributed by atoms with van der Waals surface area (Å²) in [4.78, 5) is 4.95. The van der Waals surface area contributed by atoms with Gasteiger partial charge in [-0.15, -0.1) is 0 Å². The molecule has 0 saturated heterocycles. The molecule has 4 nitrogen and oxygen atoms in total. The monoisotopic (exact) mass is 1100 g/mol. The van der Waals surface area contributed by atoms with Gasteiger partial charge in [0.1, 0.15) is 22.3 Å². The van der Waals surface area contributed by atoms with Gasteiger partial charge in [0.05, 0.1) is 11.4 Å². The van der Waals surface area contributed by atoms with Crippen molar-refractivity contribution in [2.24, 2.45) is 0 Å². The van der Waals surface area contributed by atoms with Crippen molar-refractivity contribution in [1.29, 1.82) is 0 Å². The van der Waals surface area contributed by atoms with E-state index in [1.54, 1.807) is 0 Å². The molecular formula is C82H52N2O2. The Balaban J connectivity index is 0.899. The summed E-state index contributed by atoms with van der Waals surface area (Å²) < 4.78 is 13.4. The fraction of sp³-hybridized carbons (Fsp3) is 0. The van der Waals surface area contributed by atoms with Crippen LogP contribution in [0, 0.1) is 0 Å². The van der Waals surface area contributed by atoms with Crippen LogP contribution >= 0.6 is 0 Å². The van der Waals surface area contributed by atoms with Crippen LogP contribution in [0.15, 0.2) is 324 Å². The average Bonchev–Trinajstić information content (AvgIpc) is 1.49. The predicted octanol–water partition coefficient (Wildman–Crippen LogP) is 23.7. The molecule has 402 valence electrons. The average molecular weight is 1100 g/mol. The molecule has 15 aromatic carbocycles. The van der Waals surface area contributed by atoms with Crippen LogP contribution in [0.25, 0.3) is 131 Å². The zero-order valence-corrected chi connectivity index (χ0v) is 46.7. The minimum Gasteiger partial charge on any atom is -0.455 e. The van der Waals surface area contributed by atoms with Gasteiger partial charge in [-0.05, 0) is 116 Å². The Bertz CT molecular complexity index is 5090. The van der Waals surface area contributed by atoms with Crippen molar-refractivity contribution in [3.8, 4) is 44.5 Å². The van der Waals surface area contributed by atoms with Crippen LogP contribution in [0.5, 0.6) is 0 Å². The Hall–Kier alpha value is -11.5. The van der Waals surface area contributed by atoms with Gasteiger partial charge in [0.15, 0.2) is 0 Å². The van der Waals surface area contributed by atoms with Crippen molar-refractivity contribution in [3.05, 3.63) is 315 Å². The number of para-hydroxylation sites is 4. The molecule has 0 aliphatic rings. The number of anilines is 6. The highest BCUT2D eigenvalue weighted by Crippen LogP contribution is 2.53. The summed E-state index contributed by atoms with van der Waals surface area (Å²) in [6.07, 6.45) is 0. The van der Waals surface area contributed by atoms with Crippen molar-refractivity contribution in [2.45, 2.75) is 0 Å². The molecule has 0 amide bonds. The fourth-order valence-corrected chi connectivity index (χ4v) is 13.5. The minimum atomic E-state index is 0.876. The summed E-state index contributed by atoms with van der Waals surface area (Å²) >= 11 is 0. The lowest BCUT2D eigenvalue weighted by atomic mass is 9.94. The molecule has 17 rings (SSSR count). The van der Waals surface area contributed by atoms with Gasteiger partial charge in [-0.3, -0.25) is 0 Å². The summed E-state index contributed by atoms with van der Waals surface area (Å²) in [6.45, 7) is 0. The van der Waals surface area contributed by atoms with E-state index in [2.05, 4.69) is 313 Å². The van der Waals surface area contributed by atoms with E-state index in [-0.39, 0.29) is 0 Å². The van der Waals surface area contributed by atoms with Crippen molar-refractivity contribution < 1.29 is 8.83 Å². The van der Waals surface area contributed by atoms with Gasteiger partial charge in [0.25, 0.3) is 0 Å². The summed E-state index contributed by atoms with van der Waals surface area (Å²) in [6, 6.07) is 114. The summed E-state index contributed by atoms with van der Waals surface area (Å²) in [5.74, 6) is 0. The molecule has 2 heterocycles. The van der Waals surface area contributed by atoms with Gasteiger partial charge in [-0.2, -0.15) is 0 Å². The first-order chi connectivity index (χ1) is 42.7. The van der Waals surface area contributed by atoms with Crippen LogP contribution in [0.1, 0.15) is 0 Å². The highest BCUT2D eigenvalue weighted by molar-refractivity contribution is 6.24. The molecular weight excluding hydrogens is 1040 g/mol. The number of nitrogens with zero attached hydrogens (tertiary/aromatic N) is 2. The van der Waals surface area contributed by atoms with E-state index in [0.717, 1.165) is 133 Å². The topological polar surface area (TPSA) is 32.8 Å². The van der Waals surface area contributed by atoms with Crippen molar-refractivity contribution in [2.75, 3.05) is 9.80 Å². The van der Waals surface area contributed by atoms with Gasteiger partial charge >= 0.3 is 0 Å².